The van der Waals surface area contributed by atoms with Crippen molar-refractivity contribution in [3.8, 4) is 5.75 Å². The van der Waals surface area contributed by atoms with Crippen molar-refractivity contribution in [2.45, 2.75) is 27.2 Å². The van der Waals surface area contributed by atoms with Gasteiger partial charge in [0.15, 0.2) is 0 Å². The molecule has 1 aromatic heterocycles. The number of carbonyl (C=O) groups is 3. The fraction of sp³-hybridized carbons (Fsp3) is 0.375. The Morgan fingerprint density at radius 1 is 1.12 bits per heavy atom. The fourth-order valence-electron chi connectivity index (χ4n) is 3.57. The number of ether oxygens (including phenoxy) is 4. The monoisotopic (exact) mass is 476 g/mol. The number of esters is 3. The zero-order valence-electron chi connectivity index (χ0n) is 18.7. The summed E-state index contributed by atoms with van der Waals surface area (Å²) in [5.74, 6) is -2.24. The zero-order chi connectivity index (χ0) is 24.2. The van der Waals surface area contributed by atoms with Gasteiger partial charge >= 0.3 is 17.9 Å². The smallest absolute Gasteiger partial charge is 0.339 e. The van der Waals surface area contributed by atoms with Gasteiger partial charge in [0.05, 0.1) is 30.3 Å². The Balaban J connectivity index is 2.19. The molecule has 0 radical (unpaired) electrons. The topological polar surface area (TPSA) is 88.1 Å². The number of thiophene rings is 1. The molecule has 0 fully saturated rings. The van der Waals surface area contributed by atoms with Crippen LogP contribution in [0.1, 0.15) is 32.1 Å². The summed E-state index contributed by atoms with van der Waals surface area (Å²) in [6.45, 7) is 8.78. The van der Waals surface area contributed by atoms with Crippen LogP contribution in [0.25, 0.3) is 15.7 Å². The molecule has 0 N–H and O–H groups in total. The first-order chi connectivity index (χ1) is 15.8. The van der Waals surface area contributed by atoms with Crippen molar-refractivity contribution in [1.82, 2.24) is 0 Å². The zero-order valence-corrected chi connectivity index (χ0v) is 19.5. The number of fused-ring (bicyclic) bond motifs is 3. The van der Waals surface area contributed by atoms with E-state index in [1.54, 1.807) is 26.8 Å². The van der Waals surface area contributed by atoms with Gasteiger partial charge < -0.3 is 18.9 Å². The van der Waals surface area contributed by atoms with Crippen LogP contribution < -0.4 is 4.74 Å². The summed E-state index contributed by atoms with van der Waals surface area (Å²) < 4.78 is 36.3. The first kappa shape index (κ1) is 24.4. The highest BCUT2D eigenvalue weighted by molar-refractivity contribution is 7.20. The second-order valence-corrected chi connectivity index (χ2v) is 8.40. The van der Waals surface area contributed by atoms with E-state index in [9.17, 15) is 18.8 Å². The third kappa shape index (κ3) is 4.93. The van der Waals surface area contributed by atoms with Crippen LogP contribution >= 0.6 is 11.3 Å². The van der Waals surface area contributed by atoms with Gasteiger partial charge in [-0.15, -0.1) is 11.3 Å². The molecule has 0 spiro atoms. The van der Waals surface area contributed by atoms with E-state index in [0.717, 1.165) is 0 Å². The van der Waals surface area contributed by atoms with Crippen LogP contribution in [0.5, 0.6) is 5.75 Å². The minimum atomic E-state index is -1.56. The molecule has 33 heavy (non-hydrogen) atoms. The Bertz CT molecular complexity index is 1130. The Kier molecular flexibility index (Phi) is 7.53. The summed E-state index contributed by atoms with van der Waals surface area (Å²) in [5, 5.41) is 0.467. The third-order valence-corrected chi connectivity index (χ3v) is 6.20. The molecule has 0 amide bonds. The Morgan fingerprint density at radius 3 is 2.48 bits per heavy atom. The molecule has 1 atom stereocenters. The highest BCUT2D eigenvalue weighted by Gasteiger charge is 2.45. The largest absolute Gasteiger partial charge is 0.490 e. The average molecular weight is 477 g/mol. The first-order valence-corrected chi connectivity index (χ1v) is 11.3. The van der Waals surface area contributed by atoms with Crippen LogP contribution in [0.3, 0.4) is 0 Å². The highest BCUT2D eigenvalue weighted by atomic mass is 32.1. The Labute approximate surface area is 194 Å². The predicted octanol–water partition coefficient (Wildman–Crippen LogP) is 4.44. The number of hydrogen-bond acceptors (Lipinski definition) is 8. The molecule has 0 saturated heterocycles. The summed E-state index contributed by atoms with van der Waals surface area (Å²) in [4.78, 5) is 38.8. The molecule has 1 aromatic carbocycles. The van der Waals surface area contributed by atoms with Crippen molar-refractivity contribution >= 4 is 44.9 Å². The molecular weight excluding hydrogens is 451 g/mol. The number of benzene rings is 1. The van der Waals surface area contributed by atoms with Crippen molar-refractivity contribution in [2.75, 3.05) is 26.4 Å². The van der Waals surface area contributed by atoms with Gasteiger partial charge in [0, 0.05) is 22.1 Å². The standard InChI is InChI=1S/C24H25FO7S/c1-5-29-21(26)14(4)11-24(23(28)31-7-3)12-17(22(27)30-6-2)20-19(32-13-24)16-10-15(25)8-9-18(16)33-20/h8-10,12H,4-7,11,13H2,1-3H3/t24-/m0/s1. The minimum absolute atomic E-state index is 0.0223. The van der Waals surface area contributed by atoms with Gasteiger partial charge in [-0.05, 0) is 45.0 Å². The average Bonchev–Trinajstić information content (AvgIpc) is 3.04. The Morgan fingerprint density at radius 2 is 1.82 bits per heavy atom. The quantitative estimate of drug-likeness (QED) is 0.316. The second-order valence-electron chi connectivity index (χ2n) is 7.35. The predicted molar refractivity (Wildman–Crippen MR) is 121 cm³/mol. The molecule has 9 heteroatoms. The molecule has 2 aromatic rings. The van der Waals surface area contributed by atoms with Gasteiger partial charge in [-0.1, -0.05) is 6.58 Å². The number of halogens is 1. The van der Waals surface area contributed by atoms with E-state index in [-0.39, 0.29) is 49.7 Å². The molecule has 2 heterocycles. The highest BCUT2D eigenvalue weighted by Crippen LogP contribution is 2.47. The van der Waals surface area contributed by atoms with Crippen molar-refractivity contribution < 1.29 is 37.7 Å². The van der Waals surface area contributed by atoms with Crippen LogP contribution in [-0.2, 0) is 28.6 Å². The lowest BCUT2D eigenvalue weighted by molar-refractivity contribution is -0.154. The van der Waals surface area contributed by atoms with E-state index in [4.69, 9.17) is 18.9 Å². The molecule has 1 aliphatic rings. The maximum absolute atomic E-state index is 14.0. The van der Waals surface area contributed by atoms with Crippen LogP contribution in [0.2, 0.25) is 0 Å². The van der Waals surface area contributed by atoms with Crippen molar-refractivity contribution in [3.63, 3.8) is 0 Å². The van der Waals surface area contributed by atoms with E-state index in [2.05, 4.69) is 6.58 Å². The first-order valence-electron chi connectivity index (χ1n) is 10.5. The molecule has 3 rings (SSSR count). The molecule has 0 unspecified atom stereocenters. The summed E-state index contributed by atoms with van der Waals surface area (Å²) in [6.07, 6.45) is 1.22. The van der Waals surface area contributed by atoms with E-state index in [1.807, 2.05) is 0 Å². The van der Waals surface area contributed by atoms with Crippen LogP contribution in [-0.4, -0.2) is 44.3 Å². The number of rotatable bonds is 8. The fourth-order valence-corrected chi connectivity index (χ4v) is 4.70. The van der Waals surface area contributed by atoms with Crippen molar-refractivity contribution in [1.29, 1.82) is 0 Å². The molecule has 0 saturated carbocycles. The second kappa shape index (κ2) is 10.2. The van der Waals surface area contributed by atoms with Crippen molar-refractivity contribution in [3.05, 3.63) is 47.1 Å². The molecule has 7 nitrogen and oxygen atoms in total. The van der Waals surface area contributed by atoms with E-state index < -0.39 is 29.1 Å². The summed E-state index contributed by atoms with van der Waals surface area (Å²) >= 11 is 1.22. The summed E-state index contributed by atoms with van der Waals surface area (Å²) in [6, 6.07) is 4.22. The summed E-state index contributed by atoms with van der Waals surface area (Å²) in [5.41, 5.74) is -1.45. The molecule has 0 bridgehead atoms. The lowest BCUT2D eigenvalue weighted by atomic mass is 9.80. The maximum Gasteiger partial charge on any atom is 0.339 e. The third-order valence-electron chi connectivity index (χ3n) is 5.01. The van der Waals surface area contributed by atoms with Crippen LogP contribution in [0.15, 0.2) is 36.4 Å². The SMILES string of the molecule is C=C(C[C@]1(C(=O)OCC)C=C(C(=O)OCC)c2sc3ccc(F)cc3c2OC1)C(=O)OCC. The van der Waals surface area contributed by atoms with Crippen LogP contribution in [0, 0.1) is 11.2 Å². The van der Waals surface area contributed by atoms with E-state index in [0.29, 0.717) is 15.0 Å². The van der Waals surface area contributed by atoms with Gasteiger partial charge in [-0.3, -0.25) is 4.79 Å². The molecule has 176 valence electrons. The number of hydrogen-bond donors (Lipinski definition) is 0. The summed E-state index contributed by atoms with van der Waals surface area (Å²) in [7, 11) is 0. The lowest BCUT2D eigenvalue weighted by Gasteiger charge is -2.28. The minimum Gasteiger partial charge on any atom is -0.490 e. The molecule has 0 aliphatic carbocycles. The van der Waals surface area contributed by atoms with Crippen molar-refractivity contribution in [2.24, 2.45) is 5.41 Å². The van der Waals surface area contributed by atoms with Gasteiger partial charge in [0.1, 0.15) is 23.6 Å². The van der Waals surface area contributed by atoms with Gasteiger partial charge in [0.25, 0.3) is 0 Å². The van der Waals surface area contributed by atoms with E-state index >= 15 is 0 Å². The maximum atomic E-state index is 14.0. The van der Waals surface area contributed by atoms with Gasteiger partial charge in [0.2, 0.25) is 0 Å². The van der Waals surface area contributed by atoms with Gasteiger partial charge in [-0.25, -0.2) is 14.0 Å². The normalized spacial score (nSPS) is 17.3. The van der Waals surface area contributed by atoms with Gasteiger partial charge in [-0.2, -0.15) is 0 Å². The van der Waals surface area contributed by atoms with Crippen LogP contribution in [0.4, 0.5) is 4.39 Å². The lowest BCUT2D eigenvalue weighted by Crippen LogP contribution is -2.38. The van der Waals surface area contributed by atoms with E-state index in [1.165, 1.54) is 29.5 Å². The molecular formula is C24H25FO7S. The number of carbonyl (C=O) groups excluding carboxylic acids is 3. The molecule has 1 aliphatic heterocycles. The Hall–Kier alpha value is -3.20.